The highest BCUT2D eigenvalue weighted by Gasteiger charge is 2.30. The molecule has 0 aliphatic rings. The molecule has 5 unspecified atom stereocenters. The maximum atomic E-state index is 12.2. The molecule has 0 aliphatic carbocycles. The van der Waals surface area contributed by atoms with Gasteiger partial charge in [0.25, 0.3) is 0 Å². The van der Waals surface area contributed by atoms with Gasteiger partial charge in [-0.3, -0.25) is 19.2 Å². The van der Waals surface area contributed by atoms with E-state index < -0.39 is 59.9 Å². The number of hydrogen-bond acceptors (Lipinski definition) is 8. The number of carbonyl (C=O) groups excluding carboxylic acids is 3. The Labute approximate surface area is 166 Å². The van der Waals surface area contributed by atoms with Crippen LogP contribution in [0.4, 0.5) is 0 Å². The predicted molar refractivity (Wildman–Crippen MR) is 99.5 cm³/mol. The van der Waals surface area contributed by atoms with Gasteiger partial charge in [0.1, 0.15) is 12.1 Å². The third kappa shape index (κ3) is 9.01. The normalized spacial score (nSPS) is 16.0. The van der Waals surface area contributed by atoms with E-state index in [4.69, 9.17) is 15.9 Å². The molecular formula is C15H26N4O8S. The minimum Gasteiger partial charge on any atom is -0.481 e. The molecule has 0 radical (unpaired) electrons. The average Bonchev–Trinajstić information content (AvgIpc) is 2.60. The Bertz CT molecular complexity index is 601. The Kier molecular flexibility index (Phi) is 11.1. The van der Waals surface area contributed by atoms with Gasteiger partial charge in [-0.25, -0.2) is 4.79 Å². The summed E-state index contributed by atoms with van der Waals surface area (Å²) in [6, 6.07) is -5.03. The minimum atomic E-state index is -1.57. The molecule has 0 aliphatic heterocycles. The summed E-state index contributed by atoms with van der Waals surface area (Å²) >= 11 is 3.92. The monoisotopic (exact) mass is 422 g/mol. The molecule has 5 atom stereocenters. The number of nitrogens with one attached hydrogen (secondary N) is 3. The number of nitrogens with two attached hydrogens (primary N) is 1. The molecule has 0 heterocycles. The summed E-state index contributed by atoms with van der Waals surface area (Å²) in [4.78, 5) is 57.6. The lowest BCUT2D eigenvalue weighted by Gasteiger charge is -2.23. The van der Waals surface area contributed by atoms with Crippen molar-refractivity contribution in [2.45, 2.75) is 57.0 Å². The second-order valence-corrected chi connectivity index (χ2v) is 6.44. The van der Waals surface area contributed by atoms with E-state index in [1.165, 1.54) is 13.8 Å². The van der Waals surface area contributed by atoms with Gasteiger partial charge in [0.2, 0.25) is 17.7 Å². The van der Waals surface area contributed by atoms with Crippen LogP contribution >= 0.6 is 12.6 Å². The summed E-state index contributed by atoms with van der Waals surface area (Å²) < 4.78 is 0. The van der Waals surface area contributed by atoms with Crippen LogP contribution in [0.3, 0.4) is 0 Å². The van der Waals surface area contributed by atoms with Crippen LogP contribution in [0.5, 0.6) is 0 Å². The molecule has 13 heteroatoms. The van der Waals surface area contributed by atoms with Crippen molar-refractivity contribution in [2.75, 3.05) is 5.75 Å². The van der Waals surface area contributed by atoms with E-state index >= 15 is 0 Å². The van der Waals surface area contributed by atoms with Crippen molar-refractivity contribution in [1.29, 1.82) is 0 Å². The van der Waals surface area contributed by atoms with Crippen molar-refractivity contribution in [3.63, 3.8) is 0 Å². The predicted octanol–water partition coefficient (Wildman–Crippen LogP) is -2.95. The number of thiol groups is 1. The second kappa shape index (κ2) is 12.2. The minimum absolute atomic E-state index is 0.118. The average molecular weight is 422 g/mol. The lowest BCUT2D eigenvalue weighted by molar-refractivity contribution is -0.145. The number of aliphatic carboxylic acids is 2. The highest BCUT2D eigenvalue weighted by Crippen LogP contribution is 1.99. The molecule has 160 valence electrons. The molecule has 0 saturated heterocycles. The van der Waals surface area contributed by atoms with Crippen molar-refractivity contribution >= 4 is 42.3 Å². The van der Waals surface area contributed by atoms with Crippen LogP contribution in [0.1, 0.15) is 26.7 Å². The smallest absolute Gasteiger partial charge is 0.328 e. The zero-order chi connectivity index (χ0) is 22.0. The van der Waals surface area contributed by atoms with E-state index in [1.807, 2.05) is 0 Å². The standard InChI is InChI=1S/C15H26N4O8S/c1-6(17-13(24)8(16)3-4-10(21)22)12(23)18-9(5-28)14(25)19-11(7(2)20)15(26)27/h6-9,11,20,28H,3-5,16H2,1-2H3,(H,17,24)(H,18,23)(H,19,25)(H,21,22)(H,26,27). The Morgan fingerprint density at radius 3 is 1.96 bits per heavy atom. The van der Waals surface area contributed by atoms with Crippen molar-refractivity contribution in [3.8, 4) is 0 Å². The van der Waals surface area contributed by atoms with Gasteiger partial charge in [0.15, 0.2) is 6.04 Å². The first-order valence-corrected chi connectivity index (χ1v) is 8.94. The highest BCUT2D eigenvalue weighted by molar-refractivity contribution is 7.80. The molecule has 0 fully saturated rings. The van der Waals surface area contributed by atoms with E-state index in [-0.39, 0.29) is 18.6 Å². The molecule has 8 N–H and O–H groups in total. The van der Waals surface area contributed by atoms with Crippen molar-refractivity contribution in [2.24, 2.45) is 5.73 Å². The number of carboxylic acids is 2. The molecule has 0 aromatic carbocycles. The number of carboxylic acid groups (broad SMARTS) is 2. The van der Waals surface area contributed by atoms with Crippen molar-refractivity contribution < 1.29 is 39.3 Å². The fourth-order valence-electron chi connectivity index (χ4n) is 1.93. The van der Waals surface area contributed by atoms with Gasteiger partial charge in [-0.1, -0.05) is 0 Å². The van der Waals surface area contributed by atoms with Gasteiger partial charge in [0.05, 0.1) is 12.1 Å². The van der Waals surface area contributed by atoms with Crippen LogP contribution in [0, 0.1) is 0 Å². The Morgan fingerprint density at radius 2 is 1.54 bits per heavy atom. The lowest BCUT2D eigenvalue weighted by atomic mass is 10.1. The molecular weight excluding hydrogens is 396 g/mol. The summed E-state index contributed by atoms with van der Waals surface area (Å²) in [5.41, 5.74) is 5.54. The van der Waals surface area contributed by atoms with Gasteiger partial charge in [0, 0.05) is 12.2 Å². The lowest BCUT2D eigenvalue weighted by Crippen LogP contribution is -2.58. The molecule has 3 amide bonds. The van der Waals surface area contributed by atoms with Gasteiger partial charge >= 0.3 is 11.9 Å². The SMILES string of the molecule is CC(NC(=O)C(N)CCC(=O)O)C(=O)NC(CS)C(=O)NC(C(=O)O)C(C)O. The molecule has 0 saturated carbocycles. The van der Waals surface area contributed by atoms with Crippen LogP contribution in [0.25, 0.3) is 0 Å². The number of carbonyl (C=O) groups is 5. The first kappa shape index (κ1) is 25.6. The number of aliphatic hydroxyl groups is 1. The summed E-state index contributed by atoms with van der Waals surface area (Å²) in [6.45, 7) is 2.50. The van der Waals surface area contributed by atoms with E-state index in [1.54, 1.807) is 0 Å². The Hall–Kier alpha value is -2.38. The maximum absolute atomic E-state index is 12.2. The summed E-state index contributed by atoms with van der Waals surface area (Å²) in [7, 11) is 0. The molecule has 12 nitrogen and oxygen atoms in total. The first-order valence-electron chi connectivity index (χ1n) is 8.30. The second-order valence-electron chi connectivity index (χ2n) is 6.08. The van der Waals surface area contributed by atoms with Gasteiger partial charge in [-0.05, 0) is 20.3 Å². The topological polar surface area (TPSA) is 208 Å². The van der Waals surface area contributed by atoms with Crippen molar-refractivity contribution in [1.82, 2.24) is 16.0 Å². The highest BCUT2D eigenvalue weighted by atomic mass is 32.1. The number of amides is 3. The molecule has 0 aromatic rings. The van der Waals surface area contributed by atoms with Crippen LogP contribution < -0.4 is 21.7 Å². The summed E-state index contributed by atoms with van der Waals surface area (Å²) in [5.74, 6) is -5.14. The van der Waals surface area contributed by atoms with Crippen molar-refractivity contribution in [3.05, 3.63) is 0 Å². The Morgan fingerprint density at radius 1 is 0.964 bits per heavy atom. The fourth-order valence-corrected chi connectivity index (χ4v) is 2.19. The first-order chi connectivity index (χ1) is 12.9. The molecule has 28 heavy (non-hydrogen) atoms. The van der Waals surface area contributed by atoms with Crippen LogP contribution in [-0.2, 0) is 24.0 Å². The summed E-state index contributed by atoms with van der Waals surface area (Å²) in [5, 5.41) is 33.6. The molecule has 0 spiro atoms. The fraction of sp³-hybridized carbons (Fsp3) is 0.667. The maximum Gasteiger partial charge on any atom is 0.328 e. The zero-order valence-electron chi connectivity index (χ0n) is 15.4. The van der Waals surface area contributed by atoms with E-state index in [0.717, 1.165) is 0 Å². The van der Waals surface area contributed by atoms with Crippen LogP contribution in [-0.4, -0.2) is 81.0 Å². The van der Waals surface area contributed by atoms with E-state index in [9.17, 15) is 29.1 Å². The van der Waals surface area contributed by atoms with Gasteiger partial charge in [-0.2, -0.15) is 12.6 Å². The third-order valence-corrected chi connectivity index (χ3v) is 3.98. The number of rotatable bonds is 12. The Balaban J connectivity index is 4.77. The van der Waals surface area contributed by atoms with E-state index in [0.29, 0.717) is 0 Å². The summed E-state index contributed by atoms with van der Waals surface area (Å²) in [6.07, 6.45) is -1.80. The zero-order valence-corrected chi connectivity index (χ0v) is 16.3. The van der Waals surface area contributed by atoms with Crippen LogP contribution in [0.2, 0.25) is 0 Å². The van der Waals surface area contributed by atoms with Gasteiger partial charge < -0.3 is 37.0 Å². The quantitative estimate of drug-likeness (QED) is 0.151. The number of aliphatic hydroxyl groups excluding tert-OH is 1. The largest absolute Gasteiger partial charge is 0.481 e. The van der Waals surface area contributed by atoms with Crippen LogP contribution in [0.15, 0.2) is 0 Å². The molecule has 0 bridgehead atoms. The molecule has 0 rings (SSSR count). The van der Waals surface area contributed by atoms with Gasteiger partial charge in [-0.15, -0.1) is 0 Å². The molecule has 0 aromatic heterocycles. The third-order valence-electron chi connectivity index (χ3n) is 3.62. The van der Waals surface area contributed by atoms with E-state index in [2.05, 4.69) is 28.6 Å². The number of hydrogen-bond donors (Lipinski definition) is 8.